The summed E-state index contributed by atoms with van der Waals surface area (Å²) in [7, 11) is 0. The Morgan fingerprint density at radius 3 is 2.83 bits per heavy atom. The third kappa shape index (κ3) is 2.68. The highest BCUT2D eigenvalue weighted by Gasteiger charge is 2.39. The predicted molar refractivity (Wildman–Crippen MR) is 97.9 cm³/mol. The number of imidazole rings is 1. The molecular formula is C19H16F3N7O. The van der Waals surface area contributed by atoms with E-state index in [1.807, 2.05) is 4.90 Å². The van der Waals surface area contributed by atoms with Gasteiger partial charge in [0.1, 0.15) is 11.7 Å². The van der Waals surface area contributed by atoms with Gasteiger partial charge in [0.05, 0.1) is 23.2 Å². The number of anilines is 1. The molecule has 4 aromatic heterocycles. The monoisotopic (exact) mass is 415 g/mol. The Hall–Kier alpha value is -3.37. The molecule has 0 amide bonds. The van der Waals surface area contributed by atoms with Crippen LogP contribution in [0.4, 0.5) is 19.2 Å². The molecule has 1 atom stereocenters. The van der Waals surface area contributed by atoms with Crippen LogP contribution in [0.5, 0.6) is 0 Å². The number of aromatic amines is 1. The zero-order valence-corrected chi connectivity index (χ0v) is 15.6. The fraction of sp³-hybridized carbons (Fsp3) is 0.368. The molecule has 4 aromatic rings. The lowest BCUT2D eigenvalue weighted by Gasteiger charge is -2.32. The molecule has 0 radical (unpaired) electrons. The molecule has 6 rings (SSSR count). The van der Waals surface area contributed by atoms with E-state index in [2.05, 4.69) is 25.3 Å². The lowest BCUT2D eigenvalue weighted by Crippen LogP contribution is -2.37. The van der Waals surface area contributed by atoms with Gasteiger partial charge < -0.3 is 14.3 Å². The van der Waals surface area contributed by atoms with Crippen LogP contribution in [-0.4, -0.2) is 36.3 Å². The summed E-state index contributed by atoms with van der Waals surface area (Å²) in [4.78, 5) is 9.41. The van der Waals surface area contributed by atoms with Gasteiger partial charge in [-0.2, -0.15) is 18.3 Å². The lowest BCUT2D eigenvalue weighted by atomic mass is 10.0. The van der Waals surface area contributed by atoms with Gasteiger partial charge in [-0.3, -0.25) is 0 Å². The van der Waals surface area contributed by atoms with E-state index in [4.69, 9.17) is 4.42 Å². The molecule has 11 heteroatoms. The van der Waals surface area contributed by atoms with E-state index in [-0.39, 0.29) is 0 Å². The number of nitrogens with one attached hydrogen (secondary N) is 1. The number of aromatic nitrogens is 6. The van der Waals surface area contributed by atoms with Crippen molar-refractivity contribution < 1.29 is 17.6 Å². The van der Waals surface area contributed by atoms with E-state index in [9.17, 15) is 13.2 Å². The molecule has 0 saturated heterocycles. The van der Waals surface area contributed by atoms with Crippen molar-refractivity contribution in [1.29, 1.82) is 0 Å². The van der Waals surface area contributed by atoms with Crippen LogP contribution in [0.3, 0.4) is 0 Å². The fourth-order valence-corrected chi connectivity index (χ4v) is 4.00. The molecule has 1 fully saturated rings. The molecule has 1 aliphatic heterocycles. The molecule has 30 heavy (non-hydrogen) atoms. The van der Waals surface area contributed by atoms with Crippen molar-refractivity contribution in [3.05, 3.63) is 59.3 Å². The Balaban J connectivity index is 1.49. The van der Waals surface area contributed by atoms with Gasteiger partial charge >= 0.3 is 12.2 Å². The van der Waals surface area contributed by atoms with Gasteiger partial charge in [-0.1, -0.05) is 11.2 Å². The van der Waals surface area contributed by atoms with Crippen LogP contribution in [0.25, 0.3) is 5.52 Å². The van der Waals surface area contributed by atoms with Crippen LogP contribution >= 0.6 is 0 Å². The quantitative estimate of drug-likeness (QED) is 0.551. The van der Waals surface area contributed by atoms with Gasteiger partial charge in [0, 0.05) is 24.6 Å². The summed E-state index contributed by atoms with van der Waals surface area (Å²) in [6, 6.07) is 5.44. The first-order chi connectivity index (χ1) is 14.5. The minimum atomic E-state index is -4.52. The second kappa shape index (κ2) is 6.07. The first-order valence-electron chi connectivity index (χ1n) is 9.67. The van der Waals surface area contributed by atoms with Crippen molar-refractivity contribution >= 4 is 11.5 Å². The zero-order chi connectivity index (χ0) is 20.5. The second-order valence-corrected chi connectivity index (χ2v) is 7.62. The number of pyridine rings is 1. The van der Waals surface area contributed by atoms with Gasteiger partial charge in [0.15, 0.2) is 0 Å². The average Bonchev–Trinajstić information content (AvgIpc) is 3.13. The molecule has 2 aliphatic rings. The van der Waals surface area contributed by atoms with Gasteiger partial charge in [0.2, 0.25) is 5.89 Å². The Kier molecular flexibility index (Phi) is 3.54. The van der Waals surface area contributed by atoms with Crippen molar-refractivity contribution in [3.63, 3.8) is 0 Å². The standard InChI is InChI=1S/C19H16F3N7O/c20-19(21,22)14-3-1-2-11-8-13(27-29(11)14)16-15-12(23-9-24-15)6-7-28(16)18-26-25-17(30-18)10-4-5-10/h1-3,8-10,16H,4-7H2,(H,23,24). The normalized spacial score (nSPS) is 19.4. The van der Waals surface area contributed by atoms with E-state index in [1.165, 1.54) is 6.07 Å². The highest BCUT2D eigenvalue weighted by atomic mass is 19.4. The molecule has 0 bridgehead atoms. The van der Waals surface area contributed by atoms with Gasteiger partial charge in [0.25, 0.3) is 0 Å². The van der Waals surface area contributed by atoms with Crippen molar-refractivity contribution in [1.82, 2.24) is 29.8 Å². The van der Waals surface area contributed by atoms with E-state index < -0.39 is 17.9 Å². The highest BCUT2D eigenvalue weighted by molar-refractivity contribution is 5.53. The van der Waals surface area contributed by atoms with E-state index in [0.717, 1.165) is 29.1 Å². The topological polar surface area (TPSA) is 88.1 Å². The highest BCUT2D eigenvalue weighted by Crippen LogP contribution is 2.42. The summed E-state index contributed by atoms with van der Waals surface area (Å²) in [5.41, 5.74) is 1.58. The maximum absolute atomic E-state index is 13.5. The van der Waals surface area contributed by atoms with Gasteiger partial charge in [-0.05, 0) is 31.0 Å². The van der Waals surface area contributed by atoms with Crippen LogP contribution < -0.4 is 4.90 Å². The van der Waals surface area contributed by atoms with Crippen LogP contribution in [0.2, 0.25) is 0 Å². The summed E-state index contributed by atoms with van der Waals surface area (Å²) in [6.45, 7) is 0.548. The number of alkyl halides is 3. The number of hydrogen-bond donors (Lipinski definition) is 1. The third-order valence-electron chi connectivity index (χ3n) is 5.60. The Bertz CT molecular complexity index is 1240. The maximum Gasteiger partial charge on any atom is 0.433 e. The smallest absolute Gasteiger partial charge is 0.408 e. The number of H-pyrrole nitrogens is 1. The van der Waals surface area contributed by atoms with E-state index in [1.54, 1.807) is 18.5 Å². The van der Waals surface area contributed by atoms with E-state index in [0.29, 0.717) is 47.7 Å². The van der Waals surface area contributed by atoms with Crippen molar-refractivity contribution in [3.8, 4) is 0 Å². The summed E-state index contributed by atoms with van der Waals surface area (Å²) >= 11 is 0. The molecule has 0 aromatic carbocycles. The average molecular weight is 415 g/mol. The molecule has 1 aliphatic carbocycles. The SMILES string of the molecule is FC(F)(F)c1cccc2cc(C3c4nc[nH]c4CCN3c3nnc(C4CC4)o3)nn12. The molecule has 1 unspecified atom stereocenters. The Morgan fingerprint density at radius 1 is 1.17 bits per heavy atom. The number of nitrogens with zero attached hydrogens (tertiary/aromatic N) is 6. The number of fused-ring (bicyclic) bond motifs is 2. The first-order valence-corrected chi connectivity index (χ1v) is 9.67. The minimum Gasteiger partial charge on any atom is -0.408 e. The number of halogens is 3. The largest absolute Gasteiger partial charge is 0.433 e. The number of rotatable bonds is 3. The molecule has 8 nitrogen and oxygen atoms in total. The molecule has 0 spiro atoms. The second-order valence-electron chi connectivity index (χ2n) is 7.62. The Morgan fingerprint density at radius 2 is 2.03 bits per heavy atom. The van der Waals surface area contributed by atoms with Crippen LogP contribution in [0.1, 0.15) is 53.5 Å². The van der Waals surface area contributed by atoms with Gasteiger partial charge in [-0.15, -0.1) is 5.10 Å². The lowest BCUT2D eigenvalue weighted by molar-refractivity contribution is -0.142. The molecule has 5 heterocycles. The Labute approximate surface area is 167 Å². The van der Waals surface area contributed by atoms with Gasteiger partial charge in [-0.25, -0.2) is 9.50 Å². The van der Waals surface area contributed by atoms with Crippen molar-refractivity contribution in [2.45, 2.75) is 37.4 Å². The molecule has 1 N–H and O–H groups in total. The summed E-state index contributed by atoms with van der Waals surface area (Å²) < 4.78 is 47.2. The summed E-state index contributed by atoms with van der Waals surface area (Å²) in [5, 5.41) is 12.7. The van der Waals surface area contributed by atoms with Crippen LogP contribution in [-0.2, 0) is 12.6 Å². The van der Waals surface area contributed by atoms with Crippen molar-refractivity contribution in [2.24, 2.45) is 0 Å². The first kappa shape index (κ1) is 17.5. The molecule has 154 valence electrons. The predicted octanol–water partition coefficient (Wildman–Crippen LogP) is 3.49. The summed E-state index contributed by atoms with van der Waals surface area (Å²) in [6.07, 6.45) is -0.198. The van der Waals surface area contributed by atoms with Crippen molar-refractivity contribution in [2.75, 3.05) is 11.4 Å². The van der Waals surface area contributed by atoms with E-state index >= 15 is 0 Å². The molecule has 1 saturated carbocycles. The summed E-state index contributed by atoms with van der Waals surface area (Å²) in [5.74, 6) is 0.908. The van der Waals surface area contributed by atoms with Crippen LogP contribution in [0, 0.1) is 0 Å². The maximum atomic E-state index is 13.5. The third-order valence-corrected chi connectivity index (χ3v) is 5.60. The van der Waals surface area contributed by atoms with Crippen LogP contribution in [0.15, 0.2) is 35.0 Å². The fourth-order valence-electron chi connectivity index (χ4n) is 4.00. The number of hydrogen-bond acceptors (Lipinski definition) is 6. The molecular weight excluding hydrogens is 399 g/mol. The minimum absolute atomic E-state index is 0.306. The zero-order valence-electron chi connectivity index (χ0n) is 15.6.